The summed E-state index contributed by atoms with van der Waals surface area (Å²) >= 11 is 3.10. The molecule has 1 aliphatic rings. The molecule has 0 amide bonds. The van der Waals surface area contributed by atoms with Crippen molar-refractivity contribution in [3.8, 4) is 0 Å². The van der Waals surface area contributed by atoms with Crippen molar-refractivity contribution >= 4 is 31.6 Å². The Balaban J connectivity index is 2.19. The lowest BCUT2D eigenvalue weighted by Gasteiger charge is -2.21. The summed E-state index contributed by atoms with van der Waals surface area (Å²) in [6.07, 6.45) is 7.25. The van der Waals surface area contributed by atoms with Crippen LogP contribution >= 0.6 is 15.9 Å². The summed E-state index contributed by atoms with van der Waals surface area (Å²) in [4.78, 5) is -0.0107. The van der Waals surface area contributed by atoms with Crippen molar-refractivity contribution in [1.29, 1.82) is 0 Å². The van der Waals surface area contributed by atoms with Gasteiger partial charge in [0.05, 0.1) is 10.6 Å². The Morgan fingerprint density at radius 3 is 2.33 bits per heavy atom. The first kappa shape index (κ1) is 16.7. The van der Waals surface area contributed by atoms with Crippen molar-refractivity contribution in [2.45, 2.75) is 55.9 Å². The molecular weight excluding hydrogens is 359 g/mol. The molecule has 0 saturated heterocycles. The number of anilines is 1. The molecule has 0 atom stereocenters. The predicted octanol–water partition coefficient (Wildman–Crippen LogP) is 3.56. The fourth-order valence-corrected chi connectivity index (χ4v) is 4.96. The number of halogens is 2. The van der Waals surface area contributed by atoms with Gasteiger partial charge in [0.25, 0.3) is 0 Å². The predicted molar refractivity (Wildman–Crippen MR) is 84.9 cm³/mol. The second kappa shape index (κ2) is 7.07. The molecule has 0 heterocycles. The van der Waals surface area contributed by atoms with Crippen LogP contribution in [0.3, 0.4) is 0 Å². The monoisotopic (exact) mass is 378 g/mol. The lowest BCUT2D eigenvalue weighted by molar-refractivity contribution is 0.426. The molecule has 0 unspecified atom stereocenters. The van der Waals surface area contributed by atoms with E-state index in [-0.39, 0.29) is 21.1 Å². The van der Waals surface area contributed by atoms with Crippen LogP contribution in [0, 0.1) is 5.82 Å². The number of benzene rings is 1. The normalized spacial score (nSPS) is 18.2. The molecule has 1 aromatic carbocycles. The highest BCUT2D eigenvalue weighted by Crippen LogP contribution is 2.27. The average molecular weight is 379 g/mol. The molecule has 4 nitrogen and oxygen atoms in total. The van der Waals surface area contributed by atoms with Crippen LogP contribution in [0.1, 0.15) is 44.9 Å². The fourth-order valence-electron chi connectivity index (χ4n) is 2.61. The van der Waals surface area contributed by atoms with E-state index in [4.69, 9.17) is 5.73 Å². The minimum Gasteiger partial charge on any atom is -0.396 e. The molecule has 3 N–H and O–H groups in total. The minimum absolute atomic E-state index is 0.0107. The molecule has 0 radical (unpaired) electrons. The molecule has 1 aliphatic carbocycles. The summed E-state index contributed by atoms with van der Waals surface area (Å²) < 4.78 is 41.2. The zero-order chi connectivity index (χ0) is 15.5. The van der Waals surface area contributed by atoms with Crippen LogP contribution in [-0.2, 0) is 10.0 Å². The third kappa shape index (κ3) is 4.40. The van der Waals surface area contributed by atoms with Gasteiger partial charge in [-0.3, -0.25) is 0 Å². The van der Waals surface area contributed by atoms with Crippen molar-refractivity contribution in [2.24, 2.45) is 0 Å². The summed E-state index contributed by atoms with van der Waals surface area (Å²) in [6.45, 7) is 0. The topological polar surface area (TPSA) is 72.2 Å². The maximum absolute atomic E-state index is 13.3. The largest absolute Gasteiger partial charge is 0.396 e. The van der Waals surface area contributed by atoms with Gasteiger partial charge in [-0.05, 0) is 40.9 Å². The minimum atomic E-state index is -3.70. The second-order valence-electron chi connectivity index (χ2n) is 5.47. The molecule has 0 bridgehead atoms. The Morgan fingerprint density at radius 1 is 1.14 bits per heavy atom. The number of hydrogen-bond donors (Lipinski definition) is 2. The number of sulfonamides is 1. The smallest absolute Gasteiger partial charge is 0.242 e. The van der Waals surface area contributed by atoms with Gasteiger partial charge in [-0.25, -0.2) is 17.5 Å². The molecule has 0 aliphatic heterocycles. The van der Waals surface area contributed by atoms with E-state index in [1.807, 2.05) is 0 Å². The standard InChI is InChI=1S/C14H20BrFN2O2S/c15-11-8-12(16)13(17)9-14(11)21(19,20)18-10-6-4-2-1-3-5-7-10/h8-10,18H,1-7,17H2. The van der Waals surface area contributed by atoms with Gasteiger partial charge >= 0.3 is 0 Å². The first-order chi connectivity index (χ1) is 9.90. The van der Waals surface area contributed by atoms with E-state index in [0.717, 1.165) is 50.7 Å². The highest BCUT2D eigenvalue weighted by atomic mass is 79.9. The van der Waals surface area contributed by atoms with Crippen molar-refractivity contribution < 1.29 is 12.8 Å². The Morgan fingerprint density at radius 2 is 1.71 bits per heavy atom. The van der Waals surface area contributed by atoms with Crippen molar-refractivity contribution in [3.63, 3.8) is 0 Å². The van der Waals surface area contributed by atoms with Gasteiger partial charge in [0, 0.05) is 10.5 Å². The van der Waals surface area contributed by atoms with Crippen LogP contribution < -0.4 is 10.5 Å². The maximum atomic E-state index is 13.3. The van der Waals surface area contributed by atoms with E-state index in [2.05, 4.69) is 20.7 Å². The number of nitrogen functional groups attached to an aromatic ring is 1. The lowest BCUT2D eigenvalue weighted by atomic mass is 9.97. The van der Waals surface area contributed by atoms with Gasteiger partial charge in [-0.1, -0.05) is 32.1 Å². The number of hydrogen-bond acceptors (Lipinski definition) is 3. The molecule has 21 heavy (non-hydrogen) atoms. The lowest BCUT2D eigenvalue weighted by Crippen LogP contribution is -2.35. The third-order valence-electron chi connectivity index (χ3n) is 3.77. The second-order valence-corrected chi connectivity index (χ2v) is 8.00. The molecule has 0 aromatic heterocycles. The van der Waals surface area contributed by atoms with Gasteiger partial charge in [0.1, 0.15) is 5.82 Å². The highest BCUT2D eigenvalue weighted by molar-refractivity contribution is 9.10. The van der Waals surface area contributed by atoms with Gasteiger partial charge in [-0.2, -0.15) is 0 Å². The quantitative estimate of drug-likeness (QED) is 0.789. The van der Waals surface area contributed by atoms with Crippen LogP contribution in [0.25, 0.3) is 0 Å². The summed E-state index contributed by atoms with van der Waals surface area (Å²) in [5.41, 5.74) is 5.31. The van der Waals surface area contributed by atoms with E-state index in [1.165, 1.54) is 6.42 Å². The number of nitrogens with two attached hydrogens (primary N) is 1. The summed E-state index contributed by atoms with van der Waals surface area (Å²) in [5.74, 6) is -0.633. The van der Waals surface area contributed by atoms with E-state index in [1.54, 1.807) is 0 Å². The fraction of sp³-hybridized carbons (Fsp3) is 0.571. The van der Waals surface area contributed by atoms with Crippen molar-refractivity contribution in [2.75, 3.05) is 5.73 Å². The first-order valence-electron chi connectivity index (χ1n) is 7.17. The highest BCUT2D eigenvalue weighted by Gasteiger charge is 2.24. The molecule has 7 heteroatoms. The van der Waals surface area contributed by atoms with E-state index in [9.17, 15) is 12.8 Å². The van der Waals surface area contributed by atoms with Crippen LogP contribution in [0.4, 0.5) is 10.1 Å². The molecule has 1 saturated carbocycles. The maximum Gasteiger partial charge on any atom is 0.242 e. The van der Waals surface area contributed by atoms with E-state index < -0.39 is 15.8 Å². The zero-order valence-corrected chi connectivity index (χ0v) is 14.1. The molecular formula is C14H20BrFN2O2S. The molecule has 1 aromatic rings. The number of rotatable bonds is 3. The first-order valence-corrected chi connectivity index (χ1v) is 9.44. The van der Waals surface area contributed by atoms with Crippen molar-refractivity contribution in [1.82, 2.24) is 4.72 Å². The molecule has 118 valence electrons. The van der Waals surface area contributed by atoms with Crippen LogP contribution in [0.5, 0.6) is 0 Å². The van der Waals surface area contributed by atoms with E-state index >= 15 is 0 Å². The van der Waals surface area contributed by atoms with Crippen LogP contribution in [0.2, 0.25) is 0 Å². The summed E-state index contributed by atoms with van der Waals surface area (Å²) in [6, 6.07) is 2.18. The summed E-state index contributed by atoms with van der Waals surface area (Å²) in [7, 11) is -3.70. The summed E-state index contributed by atoms with van der Waals surface area (Å²) in [5, 5.41) is 0. The Kier molecular flexibility index (Phi) is 5.62. The van der Waals surface area contributed by atoms with Gasteiger partial charge in [0.15, 0.2) is 0 Å². The van der Waals surface area contributed by atoms with E-state index in [0.29, 0.717) is 0 Å². The Labute approximate surface area is 133 Å². The van der Waals surface area contributed by atoms with Gasteiger partial charge < -0.3 is 5.73 Å². The molecule has 2 rings (SSSR count). The SMILES string of the molecule is Nc1cc(S(=O)(=O)NC2CCCCCCC2)c(Br)cc1F. The van der Waals surface area contributed by atoms with Gasteiger partial charge in [0.2, 0.25) is 10.0 Å². The average Bonchev–Trinajstić information content (AvgIpc) is 2.36. The zero-order valence-electron chi connectivity index (χ0n) is 11.7. The van der Waals surface area contributed by atoms with Crippen LogP contribution in [0.15, 0.2) is 21.5 Å². The Hall–Kier alpha value is -0.660. The Bertz CT molecular complexity index is 599. The number of nitrogens with one attached hydrogen (secondary N) is 1. The van der Waals surface area contributed by atoms with Crippen molar-refractivity contribution in [3.05, 3.63) is 22.4 Å². The molecule has 1 fully saturated rings. The molecule has 0 spiro atoms. The van der Waals surface area contributed by atoms with Crippen LogP contribution in [-0.4, -0.2) is 14.5 Å². The van der Waals surface area contributed by atoms with Gasteiger partial charge in [-0.15, -0.1) is 0 Å². The third-order valence-corrected chi connectivity index (χ3v) is 6.25.